The van der Waals surface area contributed by atoms with Crippen LogP contribution in [0.1, 0.15) is 29.8 Å². The summed E-state index contributed by atoms with van der Waals surface area (Å²) in [6.45, 7) is 4.54. The number of carbonyl (C=O) groups is 1. The lowest BCUT2D eigenvalue weighted by Crippen LogP contribution is -2.25. The van der Waals surface area contributed by atoms with Crippen LogP contribution in [-0.4, -0.2) is 21.7 Å². The first-order chi connectivity index (χ1) is 11.5. The number of carbonyl (C=O) groups excluding carboxylic acids is 1. The summed E-state index contributed by atoms with van der Waals surface area (Å²) in [7, 11) is 0. The molecule has 1 heterocycles. The van der Waals surface area contributed by atoms with E-state index in [1.54, 1.807) is 0 Å². The molecule has 1 amide bonds. The van der Waals surface area contributed by atoms with E-state index in [-0.39, 0.29) is 17.9 Å². The molecule has 1 aliphatic rings. The number of hydrogen-bond acceptors (Lipinski definition) is 3. The third-order valence-electron chi connectivity index (χ3n) is 4.31. The van der Waals surface area contributed by atoms with Crippen LogP contribution in [-0.2, 0) is 11.3 Å². The van der Waals surface area contributed by atoms with Crippen LogP contribution in [0.15, 0.2) is 42.5 Å². The van der Waals surface area contributed by atoms with E-state index >= 15 is 0 Å². The Bertz CT molecular complexity index is 762. The number of aryl methyl sites for hydroxylation is 2. The van der Waals surface area contributed by atoms with Crippen LogP contribution in [0.3, 0.4) is 0 Å². The molecule has 1 aliphatic carbocycles. The van der Waals surface area contributed by atoms with E-state index in [9.17, 15) is 4.79 Å². The Morgan fingerprint density at radius 1 is 1.33 bits per heavy atom. The molecule has 2 atom stereocenters. The molecule has 5 nitrogen and oxygen atoms in total. The molecule has 0 bridgehead atoms. The van der Waals surface area contributed by atoms with Crippen LogP contribution >= 0.6 is 0 Å². The van der Waals surface area contributed by atoms with Crippen molar-refractivity contribution in [3.63, 3.8) is 0 Å². The number of benzene rings is 1. The van der Waals surface area contributed by atoms with Crippen LogP contribution in [0, 0.1) is 19.8 Å². The highest BCUT2D eigenvalue weighted by atomic mass is 16.1. The molecule has 126 valence electrons. The number of rotatable bonds is 5. The van der Waals surface area contributed by atoms with Crippen LogP contribution in [0.25, 0.3) is 5.69 Å². The summed E-state index contributed by atoms with van der Waals surface area (Å²) in [5.74, 6) is 0.330. The van der Waals surface area contributed by atoms with Gasteiger partial charge in [0.25, 0.3) is 0 Å². The van der Waals surface area contributed by atoms with Crippen molar-refractivity contribution in [3.8, 4) is 5.69 Å². The van der Waals surface area contributed by atoms with Gasteiger partial charge in [-0.3, -0.25) is 4.79 Å². The highest BCUT2D eigenvalue weighted by Gasteiger charge is 2.18. The Labute approximate surface area is 142 Å². The molecule has 5 heteroatoms. The van der Waals surface area contributed by atoms with Gasteiger partial charge >= 0.3 is 0 Å². The molecule has 0 saturated heterocycles. The van der Waals surface area contributed by atoms with Crippen molar-refractivity contribution in [2.24, 2.45) is 11.7 Å². The minimum absolute atomic E-state index is 0.0651. The van der Waals surface area contributed by atoms with Crippen LogP contribution in [0.5, 0.6) is 0 Å². The van der Waals surface area contributed by atoms with Crippen molar-refractivity contribution in [2.75, 3.05) is 0 Å². The van der Waals surface area contributed by atoms with Gasteiger partial charge in [0.1, 0.15) is 0 Å². The Kier molecular flexibility index (Phi) is 4.81. The number of amides is 1. The smallest absolute Gasteiger partial charge is 0.220 e. The first-order valence-corrected chi connectivity index (χ1v) is 8.34. The molecule has 1 aromatic heterocycles. The minimum atomic E-state index is 0.0651. The third kappa shape index (κ3) is 3.92. The number of aromatic nitrogens is 2. The van der Waals surface area contributed by atoms with Gasteiger partial charge in [-0.05, 0) is 49.9 Å². The number of hydrogen-bond donors (Lipinski definition) is 2. The lowest BCUT2D eigenvalue weighted by molar-refractivity contribution is -0.121. The summed E-state index contributed by atoms with van der Waals surface area (Å²) in [5.41, 5.74) is 9.99. The maximum atomic E-state index is 12.1. The van der Waals surface area contributed by atoms with Gasteiger partial charge in [-0.2, -0.15) is 5.10 Å². The van der Waals surface area contributed by atoms with Gasteiger partial charge < -0.3 is 11.1 Å². The molecule has 0 radical (unpaired) electrons. The summed E-state index contributed by atoms with van der Waals surface area (Å²) < 4.78 is 1.92. The molecule has 3 N–H and O–H groups in total. The second-order valence-corrected chi connectivity index (χ2v) is 6.53. The molecule has 3 rings (SSSR count). The Balaban J connectivity index is 1.60. The summed E-state index contributed by atoms with van der Waals surface area (Å²) >= 11 is 0. The van der Waals surface area contributed by atoms with Crippen molar-refractivity contribution in [1.29, 1.82) is 0 Å². The normalized spacial score (nSPS) is 19.6. The molecule has 0 fully saturated rings. The number of allylic oxidation sites excluding steroid dienone is 1. The van der Waals surface area contributed by atoms with Gasteiger partial charge in [0.15, 0.2) is 0 Å². The predicted octanol–water partition coefficient (Wildman–Crippen LogP) is 2.40. The fourth-order valence-electron chi connectivity index (χ4n) is 3.16. The molecular formula is C19H24N4O. The van der Waals surface area contributed by atoms with Gasteiger partial charge in [-0.1, -0.05) is 24.3 Å². The summed E-state index contributed by atoms with van der Waals surface area (Å²) in [6.07, 6.45) is 5.39. The average Bonchev–Trinajstić information content (AvgIpc) is 3.10. The van der Waals surface area contributed by atoms with Crippen molar-refractivity contribution >= 4 is 5.91 Å². The van der Waals surface area contributed by atoms with Gasteiger partial charge in [0.2, 0.25) is 5.91 Å². The molecular weight excluding hydrogens is 300 g/mol. The fourth-order valence-corrected chi connectivity index (χ4v) is 3.16. The van der Waals surface area contributed by atoms with Crippen molar-refractivity contribution < 1.29 is 4.79 Å². The second kappa shape index (κ2) is 7.01. The fraction of sp³-hybridized carbons (Fsp3) is 0.368. The third-order valence-corrected chi connectivity index (χ3v) is 4.31. The Hall–Kier alpha value is -2.40. The van der Waals surface area contributed by atoms with E-state index < -0.39 is 0 Å². The van der Waals surface area contributed by atoms with Gasteiger partial charge in [0.05, 0.1) is 11.4 Å². The summed E-state index contributed by atoms with van der Waals surface area (Å²) in [5, 5.41) is 7.50. The van der Waals surface area contributed by atoms with Crippen molar-refractivity contribution in [1.82, 2.24) is 15.1 Å². The Morgan fingerprint density at radius 3 is 2.83 bits per heavy atom. The highest BCUT2D eigenvalue weighted by molar-refractivity contribution is 5.76. The highest BCUT2D eigenvalue weighted by Crippen LogP contribution is 2.19. The van der Waals surface area contributed by atoms with E-state index in [2.05, 4.69) is 16.5 Å². The van der Waals surface area contributed by atoms with Crippen LogP contribution < -0.4 is 11.1 Å². The van der Waals surface area contributed by atoms with E-state index in [4.69, 9.17) is 5.73 Å². The lowest BCUT2D eigenvalue weighted by atomic mass is 10.0. The van der Waals surface area contributed by atoms with E-state index in [0.29, 0.717) is 13.0 Å². The maximum absolute atomic E-state index is 12.1. The first-order valence-electron chi connectivity index (χ1n) is 8.34. The molecule has 24 heavy (non-hydrogen) atoms. The molecule has 2 aromatic rings. The van der Waals surface area contributed by atoms with E-state index in [1.807, 2.05) is 54.9 Å². The molecule has 0 saturated carbocycles. The quantitative estimate of drug-likeness (QED) is 0.830. The van der Waals surface area contributed by atoms with Gasteiger partial charge in [-0.15, -0.1) is 0 Å². The largest absolute Gasteiger partial charge is 0.352 e. The Morgan fingerprint density at radius 2 is 2.17 bits per heavy atom. The summed E-state index contributed by atoms with van der Waals surface area (Å²) in [6, 6.07) is 10.2. The van der Waals surface area contributed by atoms with Crippen molar-refractivity contribution in [2.45, 2.75) is 39.3 Å². The monoisotopic (exact) mass is 324 g/mol. The second-order valence-electron chi connectivity index (χ2n) is 6.53. The van der Waals surface area contributed by atoms with Crippen LogP contribution in [0.2, 0.25) is 0 Å². The average molecular weight is 324 g/mol. The standard InChI is InChI=1S/C19H24N4O/c1-13-8-14(2)23(22-13)18-5-3-4-16(10-18)12-21-19(24)11-15-6-7-17(20)9-15/h3-8,10,15,17H,9,11-12,20H2,1-2H3,(H,21,24)/t15-,17+/m0/s1. The number of nitrogens with zero attached hydrogens (tertiary/aromatic N) is 2. The zero-order valence-corrected chi connectivity index (χ0v) is 14.2. The minimum Gasteiger partial charge on any atom is -0.352 e. The van der Waals surface area contributed by atoms with E-state index in [0.717, 1.165) is 29.1 Å². The van der Waals surface area contributed by atoms with E-state index in [1.165, 1.54) is 0 Å². The lowest BCUT2D eigenvalue weighted by Gasteiger charge is -2.11. The maximum Gasteiger partial charge on any atom is 0.220 e. The van der Waals surface area contributed by atoms with Crippen LogP contribution in [0.4, 0.5) is 0 Å². The van der Waals surface area contributed by atoms with Gasteiger partial charge in [-0.25, -0.2) is 4.68 Å². The number of nitrogens with two attached hydrogens (primary N) is 1. The predicted molar refractivity (Wildman–Crippen MR) is 94.7 cm³/mol. The first kappa shape index (κ1) is 16.5. The molecule has 0 unspecified atom stereocenters. The summed E-state index contributed by atoms with van der Waals surface area (Å²) in [4.78, 5) is 12.1. The van der Waals surface area contributed by atoms with Crippen molar-refractivity contribution in [3.05, 3.63) is 59.4 Å². The topological polar surface area (TPSA) is 72.9 Å². The van der Waals surface area contributed by atoms with Gasteiger partial charge in [0, 0.05) is 24.7 Å². The zero-order chi connectivity index (χ0) is 17.1. The zero-order valence-electron chi connectivity index (χ0n) is 14.2. The molecule has 0 spiro atoms. The number of nitrogens with one attached hydrogen (secondary N) is 1. The molecule has 0 aliphatic heterocycles. The molecule has 1 aromatic carbocycles. The SMILES string of the molecule is Cc1cc(C)n(-c2cccc(CNC(=O)C[C@H]3C=C[C@@H](N)C3)c2)n1.